The molecule has 0 aliphatic carbocycles. The number of benzene rings is 3. The van der Waals surface area contributed by atoms with Crippen molar-refractivity contribution in [3.05, 3.63) is 95.6 Å². The third-order valence-electron chi connectivity index (χ3n) is 5.87. The van der Waals surface area contributed by atoms with Crippen LogP contribution in [0.15, 0.2) is 78.9 Å². The molecule has 5 nitrogen and oxygen atoms in total. The van der Waals surface area contributed by atoms with Gasteiger partial charge in [-0.2, -0.15) is 0 Å². The predicted octanol–water partition coefficient (Wildman–Crippen LogP) is 3.79. The molecule has 5 heteroatoms. The lowest BCUT2D eigenvalue weighted by Gasteiger charge is -2.37. The summed E-state index contributed by atoms with van der Waals surface area (Å²) >= 11 is 0. The summed E-state index contributed by atoms with van der Waals surface area (Å²) in [5, 5.41) is 10.5. The van der Waals surface area contributed by atoms with Gasteiger partial charge < -0.3 is 14.7 Å². The van der Waals surface area contributed by atoms with E-state index in [-0.39, 0.29) is 12.4 Å². The molecule has 4 rings (SSSR count). The van der Waals surface area contributed by atoms with Crippen molar-refractivity contribution in [2.75, 3.05) is 44.2 Å². The van der Waals surface area contributed by atoms with Gasteiger partial charge >= 0.3 is 0 Å². The molecule has 32 heavy (non-hydrogen) atoms. The molecule has 166 valence electrons. The van der Waals surface area contributed by atoms with Crippen LogP contribution >= 0.6 is 0 Å². The van der Waals surface area contributed by atoms with Gasteiger partial charge in [0.2, 0.25) is 0 Å². The van der Waals surface area contributed by atoms with E-state index in [2.05, 4.69) is 41.0 Å². The molecule has 0 unspecified atom stereocenters. The number of piperazine rings is 1. The third-order valence-corrected chi connectivity index (χ3v) is 5.87. The van der Waals surface area contributed by atoms with Crippen molar-refractivity contribution in [3.63, 3.8) is 0 Å². The van der Waals surface area contributed by atoms with Gasteiger partial charge in [-0.25, -0.2) is 0 Å². The number of nitrogens with zero attached hydrogens (tertiary/aromatic N) is 2. The van der Waals surface area contributed by atoms with Crippen LogP contribution in [0.5, 0.6) is 5.75 Å². The van der Waals surface area contributed by atoms with Crippen molar-refractivity contribution in [1.29, 1.82) is 0 Å². The van der Waals surface area contributed by atoms with Crippen LogP contribution in [0, 0.1) is 6.92 Å². The lowest BCUT2D eigenvalue weighted by molar-refractivity contribution is 0.0663. The van der Waals surface area contributed by atoms with Crippen molar-refractivity contribution < 1.29 is 14.6 Å². The Balaban J connectivity index is 1.25. The molecule has 1 fully saturated rings. The van der Waals surface area contributed by atoms with Crippen LogP contribution in [-0.2, 0) is 0 Å². The van der Waals surface area contributed by atoms with E-state index in [0.717, 1.165) is 26.2 Å². The number of hydrogen-bond acceptors (Lipinski definition) is 5. The molecule has 3 aromatic carbocycles. The fourth-order valence-electron chi connectivity index (χ4n) is 4.12. The summed E-state index contributed by atoms with van der Waals surface area (Å²) in [5.41, 5.74) is 3.81. The lowest BCUT2D eigenvalue weighted by atomic mass is 10.0. The second kappa shape index (κ2) is 10.4. The Morgan fingerprint density at radius 1 is 0.906 bits per heavy atom. The molecular weight excluding hydrogens is 400 g/mol. The number of para-hydroxylation sites is 1. The van der Waals surface area contributed by atoms with Crippen molar-refractivity contribution in [2.45, 2.75) is 13.0 Å². The number of ether oxygens (including phenoxy) is 1. The van der Waals surface area contributed by atoms with Crippen LogP contribution in [0.2, 0.25) is 0 Å². The van der Waals surface area contributed by atoms with Crippen LogP contribution in [0.3, 0.4) is 0 Å². The molecule has 1 N–H and O–H groups in total. The summed E-state index contributed by atoms with van der Waals surface area (Å²) in [6, 6.07) is 24.8. The molecule has 1 saturated heterocycles. The van der Waals surface area contributed by atoms with Crippen molar-refractivity contribution in [1.82, 2.24) is 4.90 Å². The minimum atomic E-state index is -0.589. The van der Waals surface area contributed by atoms with Gasteiger partial charge in [-0.15, -0.1) is 0 Å². The van der Waals surface area contributed by atoms with Crippen molar-refractivity contribution in [2.24, 2.45) is 0 Å². The number of carbonyl (C=O) groups excluding carboxylic acids is 1. The molecule has 0 spiro atoms. The largest absolute Gasteiger partial charge is 0.491 e. The average molecular weight is 431 g/mol. The molecule has 0 bridgehead atoms. The molecule has 1 aliphatic heterocycles. The molecule has 3 aromatic rings. The Morgan fingerprint density at radius 3 is 2.34 bits per heavy atom. The Bertz CT molecular complexity index is 1030. The SMILES string of the molecule is Cc1ccccc1N1CCN(C[C@@H](O)COc2cccc(C(=O)c3ccccc3)c2)CC1. The van der Waals surface area contributed by atoms with Gasteiger partial charge in [0.25, 0.3) is 0 Å². The number of anilines is 1. The Labute approximate surface area is 189 Å². The first-order valence-corrected chi connectivity index (χ1v) is 11.1. The summed E-state index contributed by atoms with van der Waals surface area (Å²) in [5.74, 6) is 0.554. The van der Waals surface area contributed by atoms with Crippen LogP contribution in [0.1, 0.15) is 21.5 Å². The van der Waals surface area contributed by atoms with Crippen LogP contribution in [0.25, 0.3) is 0 Å². The maximum Gasteiger partial charge on any atom is 0.193 e. The number of hydrogen-bond donors (Lipinski definition) is 1. The maximum atomic E-state index is 12.6. The number of rotatable bonds is 8. The average Bonchev–Trinajstić information content (AvgIpc) is 2.84. The Hall–Kier alpha value is -3.15. The van der Waals surface area contributed by atoms with Gasteiger partial charge in [0.05, 0.1) is 0 Å². The predicted molar refractivity (Wildman–Crippen MR) is 128 cm³/mol. The van der Waals surface area contributed by atoms with E-state index in [1.54, 1.807) is 24.3 Å². The van der Waals surface area contributed by atoms with E-state index in [1.165, 1.54) is 11.3 Å². The third kappa shape index (κ3) is 5.55. The van der Waals surface area contributed by atoms with E-state index in [4.69, 9.17) is 4.74 Å². The number of carbonyl (C=O) groups is 1. The molecule has 0 amide bonds. The van der Waals surface area contributed by atoms with Crippen molar-refractivity contribution >= 4 is 11.5 Å². The fourth-order valence-corrected chi connectivity index (χ4v) is 4.12. The minimum Gasteiger partial charge on any atom is -0.491 e. The quantitative estimate of drug-likeness (QED) is 0.551. The molecule has 1 atom stereocenters. The van der Waals surface area contributed by atoms with Gasteiger partial charge in [-0.05, 0) is 30.7 Å². The normalized spacial score (nSPS) is 15.4. The Kier molecular flexibility index (Phi) is 7.20. The number of β-amino-alcohol motifs (C(OH)–C–C–N with tert-alkyl or cyclic N) is 1. The first kappa shape index (κ1) is 22.1. The maximum absolute atomic E-state index is 12.6. The molecule has 0 aromatic heterocycles. The molecule has 0 radical (unpaired) electrons. The van der Waals surface area contributed by atoms with Gasteiger partial charge in [-0.3, -0.25) is 9.69 Å². The van der Waals surface area contributed by atoms with Gasteiger partial charge in [0.15, 0.2) is 5.78 Å². The fraction of sp³-hybridized carbons (Fsp3) is 0.296. The summed E-state index contributed by atoms with van der Waals surface area (Å²) in [7, 11) is 0. The summed E-state index contributed by atoms with van der Waals surface area (Å²) in [6.07, 6.45) is -0.589. The van der Waals surface area contributed by atoms with Crippen molar-refractivity contribution in [3.8, 4) is 5.75 Å². The van der Waals surface area contributed by atoms with E-state index >= 15 is 0 Å². The first-order valence-electron chi connectivity index (χ1n) is 11.1. The Morgan fingerprint density at radius 2 is 1.59 bits per heavy atom. The molecule has 0 saturated carbocycles. The smallest absolute Gasteiger partial charge is 0.193 e. The zero-order valence-electron chi connectivity index (χ0n) is 18.5. The standard InChI is InChI=1S/C27H30N2O3/c1-21-8-5-6-13-26(21)29-16-14-28(15-17-29)19-24(30)20-32-25-12-7-11-23(18-25)27(31)22-9-3-2-4-10-22/h2-13,18,24,30H,14-17,19-20H2,1H3/t24-/m1/s1. The van der Waals surface area contributed by atoms with Gasteiger partial charge in [0.1, 0.15) is 18.5 Å². The molecular formula is C27H30N2O3. The highest BCUT2D eigenvalue weighted by molar-refractivity contribution is 6.09. The number of ketones is 1. The van der Waals surface area contributed by atoms with Crippen LogP contribution < -0.4 is 9.64 Å². The van der Waals surface area contributed by atoms with Crippen LogP contribution in [-0.4, -0.2) is 61.2 Å². The molecule has 1 heterocycles. The minimum absolute atomic E-state index is 0.0388. The van der Waals surface area contributed by atoms with E-state index in [9.17, 15) is 9.90 Å². The highest BCUT2D eigenvalue weighted by atomic mass is 16.5. The van der Waals surface area contributed by atoms with E-state index in [0.29, 0.717) is 23.4 Å². The highest BCUT2D eigenvalue weighted by Crippen LogP contribution is 2.21. The van der Waals surface area contributed by atoms with E-state index < -0.39 is 6.10 Å². The second-order valence-electron chi connectivity index (χ2n) is 8.26. The van der Waals surface area contributed by atoms with E-state index in [1.807, 2.05) is 30.3 Å². The number of aliphatic hydroxyl groups excluding tert-OH is 1. The van der Waals surface area contributed by atoms with Crippen LogP contribution in [0.4, 0.5) is 5.69 Å². The highest BCUT2D eigenvalue weighted by Gasteiger charge is 2.20. The number of aryl methyl sites for hydroxylation is 1. The summed E-state index contributed by atoms with van der Waals surface area (Å²) in [4.78, 5) is 17.3. The zero-order chi connectivity index (χ0) is 22.3. The summed E-state index contributed by atoms with van der Waals surface area (Å²) < 4.78 is 5.80. The first-order chi connectivity index (χ1) is 15.6. The van der Waals surface area contributed by atoms with Gasteiger partial charge in [0, 0.05) is 49.5 Å². The van der Waals surface area contributed by atoms with Gasteiger partial charge in [-0.1, -0.05) is 60.7 Å². The number of aliphatic hydroxyl groups is 1. The zero-order valence-corrected chi connectivity index (χ0v) is 18.5. The topological polar surface area (TPSA) is 53.0 Å². The lowest BCUT2D eigenvalue weighted by Crippen LogP contribution is -2.49. The second-order valence-corrected chi connectivity index (χ2v) is 8.26. The molecule has 1 aliphatic rings. The summed E-state index contributed by atoms with van der Waals surface area (Å²) in [6.45, 7) is 6.62. The monoisotopic (exact) mass is 430 g/mol.